The Morgan fingerprint density at radius 3 is 2.86 bits per heavy atom. The van der Waals surface area contributed by atoms with E-state index in [2.05, 4.69) is 11.3 Å². The summed E-state index contributed by atoms with van der Waals surface area (Å²) in [5.74, 6) is -0.899. The maximum Gasteiger partial charge on any atom is 0.378 e. The molecule has 1 rings (SSSR count). The largest absolute Gasteiger partial charge is 0.480 e. The van der Waals surface area contributed by atoms with E-state index in [1.165, 1.54) is 0 Å². The van der Waals surface area contributed by atoms with Gasteiger partial charge in [0.2, 0.25) is 5.76 Å². The molecule has 76 valence electrons. The molecule has 0 aromatic carbocycles. The van der Waals surface area contributed by atoms with E-state index in [-0.39, 0.29) is 18.0 Å². The van der Waals surface area contributed by atoms with Crippen molar-refractivity contribution in [3.05, 3.63) is 24.7 Å². The quantitative estimate of drug-likeness (QED) is 0.493. The minimum absolute atomic E-state index is 0.0637. The molecule has 0 atom stereocenters. The van der Waals surface area contributed by atoms with Crippen LogP contribution in [0.25, 0.3) is 0 Å². The second-order valence-electron chi connectivity index (χ2n) is 3.59. The van der Waals surface area contributed by atoms with Crippen molar-refractivity contribution >= 4 is 11.8 Å². The lowest BCUT2D eigenvalue weighted by Gasteiger charge is -2.29. The lowest BCUT2D eigenvalue weighted by atomic mass is 9.98. The second-order valence-corrected chi connectivity index (χ2v) is 3.59. The molecular formula is C10H12O4. The fourth-order valence-corrected chi connectivity index (χ4v) is 1.21. The molecule has 14 heavy (non-hydrogen) atoms. The van der Waals surface area contributed by atoms with Crippen LogP contribution in [-0.2, 0) is 19.1 Å². The van der Waals surface area contributed by atoms with Crippen LogP contribution in [0.4, 0.5) is 0 Å². The number of carbonyl (C=O) groups excluding carboxylic acids is 2. The standard InChI is InChI=1S/C10H12O4/c1-4-13-9(12)8-5-7(11)6-10(2,3)14-8/h4-5H,1,6H2,2-3H3. The van der Waals surface area contributed by atoms with E-state index in [0.717, 1.165) is 12.3 Å². The summed E-state index contributed by atoms with van der Waals surface area (Å²) in [5, 5.41) is 0. The summed E-state index contributed by atoms with van der Waals surface area (Å²) in [7, 11) is 0. The maximum atomic E-state index is 11.2. The SMILES string of the molecule is C=COC(=O)C1=CC(=O)CC(C)(C)O1. The second kappa shape index (κ2) is 3.65. The zero-order valence-corrected chi connectivity index (χ0v) is 8.20. The van der Waals surface area contributed by atoms with Crippen molar-refractivity contribution in [2.75, 3.05) is 0 Å². The van der Waals surface area contributed by atoms with Crippen molar-refractivity contribution in [2.45, 2.75) is 25.9 Å². The molecule has 0 bridgehead atoms. The summed E-state index contributed by atoms with van der Waals surface area (Å²) in [5.41, 5.74) is -0.651. The molecule has 0 aliphatic carbocycles. The third-order valence-corrected chi connectivity index (χ3v) is 1.67. The van der Waals surface area contributed by atoms with Gasteiger partial charge in [-0.25, -0.2) is 4.79 Å². The van der Waals surface area contributed by atoms with Crippen LogP contribution in [0.15, 0.2) is 24.7 Å². The Labute approximate surface area is 82.2 Å². The molecular weight excluding hydrogens is 184 g/mol. The molecule has 1 aliphatic rings. The number of rotatable bonds is 2. The molecule has 0 N–H and O–H groups in total. The average Bonchev–Trinajstić information content (AvgIpc) is 2.00. The highest BCUT2D eigenvalue weighted by Gasteiger charge is 2.32. The monoisotopic (exact) mass is 196 g/mol. The van der Waals surface area contributed by atoms with E-state index in [1.807, 2.05) is 0 Å². The molecule has 1 heterocycles. The van der Waals surface area contributed by atoms with Crippen molar-refractivity contribution in [3.8, 4) is 0 Å². The Kier molecular flexibility index (Phi) is 2.74. The fourth-order valence-electron chi connectivity index (χ4n) is 1.21. The minimum atomic E-state index is -0.693. The highest BCUT2D eigenvalue weighted by molar-refractivity contribution is 5.99. The van der Waals surface area contributed by atoms with Crippen LogP contribution in [0, 0.1) is 0 Å². The third kappa shape index (κ3) is 2.45. The number of allylic oxidation sites excluding steroid dienone is 1. The smallest absolute Gasteiger partial charge is 0.378 e. The van der Waals surface area contributed by atoms with Gasteiger partial charge in [0.1, 0.15) is 5.60 Å². The molecule has 4 heteroatoms. The first kappa shape index (κ1) is 10.5. The minimum Gasteiger partial charge on any atom is -0.480 e. The van der Waals surface area contributed by atoms with Crippen molar-refractivity contribution in [1.29, 1.82) is 0 Å². The van der Waals surface area contributed by atoms with Gasteiger partial charge in [-0.1, -0.05) is 6.58 Å². The Balaban J connectivity index is 2.84. The van der Waals surface area contributed by atoms with Gasteiger partial charge < -0.3 is 9.47 Å². The van der Waals surface area contributed by atoms with Gasteiger partial charge in [0.15, 0.2) is 5.78 Å². The first-order chi connectivity index (χ1) is 6.44. The van der Waals surface area contributed by atoms with E-state index in [9.17, 15) is 9.59 Å². The van der Waals surface area contributed by atoms with E-state index < -0.39 is 11.6 Å². The number of esters is 1. The molecule has 4 nitrogen and oxygen atoms in total. The van der Waals surface area contributed by atoms with Crippen LogP contribution < -0.4 is 0 Å². The molecule has 0 aromatic heterocycles. The van der Waals surface area contributed by atoms with Gasteiger partial charge in [-0.05, 0) is 13.8 Å². The first-order valence-electron chi connectivity index (χ1n) is 4.20. The lowest BCUT2D eigenvalue weighted by molar-refractivity contribution is -0.143. The van der Waals surface area contributed by atoms with Gasteiger partial charge in [0.05, 0.1) is 6.26 Å². The van der Waals surface area contributed by atoms with E-state index >= 15 is 0 Å². The van der Waals surface area contributed by atoms with Crippen LogP contribution in [0.2, 0.25) is 0 Å². The zero-order chi connectivity index (χ0) is 10.8. The summed E-state index contributed by atoms with van der Waals surface area (Å²) in [4.78, 5) is 22.4. The van der Waals surface area contributed by atoms with Crippen molar-refractivity contribution in [2.24, 2.45) is 0 Å². The number of hydrogen-bond donors (Lipinski definition) is 0. The predicted octanol–water partition coefficient (Wildman–Crippen LogP) is 1.32. The molecule has 0 amide bonds. The third-order valence-electron chi connectivity index (χ3n) is 1.67. The maximum absolute atomic E-state index is 11.2. The topological polar surface area (TPSA) is 52.6 Å². The summed E-state index contributed by atoms with van der Waals surface area (Å²) in [6, 6.07) is 0. The molecule has 0 unspecified atom stereocenters. The van der Waals surface area contributed by atoms with Crippen LogP contribution in [-0.4, -0.2) is 17.4 Å². The molecule has 0 saturated heterocycles. The molecule has 0 spiro atoms. The van der Waals surface area contributed by atoms with Gasteiger partial charge in [0.25, 0.3) is 0 Å². The van der Waals surface area contributed by atoms with Gasteiger partial charge in [-0.15, -0.1) is 0 Å². The van der Waals surface area contributed by atoms with Crippen molar-refractivity contribution < 1.29 is 19.1 Å². The summed E-state index contributed by atoms with van der Waals surface area (Å²) in [6.07, 6.45) is 2.41. The number of carbonyl (C=O) groups is 2. The number of ether oxygens (including phenoxy) is 2. The Hall–Kier alpha value is -1.58. The predicted molar refractivity (Wildman–Crippen MR) is 49.2 cm³/mol. The van der Waals surface area contributed by atoms with Crippen LogP contribution in [0.3, 0.4) is 0 Å². The van der Waals surface area contributed by atoms with Gasteiger partial charge in [0, 0.05) is 12.5 Å². The van der Waals surface area contributed by atoms with Crippen LogP contribution in [0.5, 0.6) is 0 Å². The van der Waals surface area contributed by atoms with Crippen LogP contribution in [0.1, 0.15) is 20.3 Å². The first-order valence-corrected chi connectivity index (χ1v) is 4.20. The molecule has 0 radical (unpaired) electrons. The number of hydrogen-bond acceptors (Lipinski definition) is 4. The molecule has 0 saturated carbocycles. The van der Waals surface area contributed by atoms with E-state index in [0.29, 0.717) is 0 Å². The van der Waals surface area contributed by atoms with Crippen molar-refractivity contribution in [1.82, 2.24) is 0 Å². The van der Waals surface area contributed by atoms with Gasteiger partial charge >= 0.3 is 5.97 Å². The summed E-state index contributed by atoms with van der Waals surface area (Å²) < 4.78 is 9.78. The van der Waals surface area contributed by atoms with E-state index in [4.69, 9.17) is 4.74 Å². The summed E-state index contributed by atoms with van der Waals surface area (Å²) >= 11 is 0. The molecule has 1 aliphatic heterocycles. The van der Waals surface area contributed by atoms with E-state index in [1.54, 1.807) is 13.8 Å². The average molecular weight is 196 g/mol. The summed E-state index contributed by atoms with van der Waals surface area (Å²) in [6.45, 7) is 6.71. The normalized spacial score (nSPS) is 19.3. The Bertz CT molecular complexity index is 312. The fraction of sp³-hybridized carbons (Fsp3) is 0.400. The highest BCUT2D eigenvalue weighted by atomic mass is 16.6. The molecule has 0 aromatic rings. The van der Waals surface area contributed by atoms with Crippen molar-refractivity contribution in [3.63, 3.8) is 0 Å². The zero-order valence-electron chi connectivity index (χ0n) is 8.20. The van der Waals surface area contributed by atoms with Crippen LogP contribution >= 0.6 is 0 Å². The van der Waals surface area contributed by atoms with Gasteiger partial charge in [-0.2, -0.15) is 0 Å². The number of ketones is 1. The Morgan fingerprint density at radius 1 is 1.71 bits per heavy atom. The van der Waals surface area contributed by atoms with Gasteiger partial charge in [-0.3, -0.25) is 4.79 Å². The lowest BCUT2D eigenvalue weighted by Crippen LogP contribution is -2.33. The Morgan fingerprint density at radius 2 is 2.36 bits per heavy atom. The highest BCUT2D eigenvalue weighted by Crippen LogP contribution is 2.25. The molecule has 0 fully saturated rings.